The highest BCUT2D eigenvalue weighted by Crippen LogP contribution is 2.25. The van der Waals surface area contributed by atoms with Crippen LogP contribution in [-0.2, 0) is 4.74 Å². The molecule has 0 saturated heterocycles. The number of methoxy groups -OCH3 is 1. The first kappa shape index (κ1) is 13.8. The standard InChI is InChI=1S/C11H15BrN2O3/c1-11(2,3)17-10(15)14-8-6-13-9(16-4)5-7(8)12/h5-6H,1-4H3,(H,14,15). The summed E-state index contributed by atoms with van der Waals surface area (Å²) in [6.07, 6.45) is 0.970. The summed E-state index contributed by atoms with van der Waals surface area (Å²) < 4.78 is 10.7. The molecule has 6 heteroatoms. The Kier molecular flexibility index (Phi) is 4.34. The van der Waals surface area contributed by atoms with E-state index >= 15 is 0 Å². The van der Waals surface area contributed by atoms with Crippen LogP contribution in [0.3, 0.4) is 0 Å². The van der Waals surface area contributed by atoms with Crippen molar-refractivity contribution in [3.8, 4) is 5.88 Å². The number of aromatic nitrogens is 1. The number of nitrogens with one attached hydrogen (secondary N) is 1. The lowest BCUT2D eigenvalue weighted by Crippen LogP contribution is -2.27. The van der Waals surface area contributed by atoms with E-state index in [1.54, 1.807) is 26.8 Å². The molecule has 0 aliphatic carbocycles. The highest BCUT2D eigenvalue weighted by molar-refractivity contribution is 9.10. The zero-order chi connectivity index (χ0) is 13.1. The minimum absolute atomic E-state index is 0.464. The fourth-order valence-electron chi connectivity index (χ4n) is 1.03. The van der Waals surface area contributed by atoms with Crippen molar-refractivity contribution in [3.63, 3.8) is 0 Å². The molecule has 1 aromatic rings. The average molecular weight is 303 g/mol. The first-order valence-corrected chi connectivity index (χ1v) is 5.80. The number of ether oxygens (including phenoxy) is 2. The Morgan fingerprint density at radius 1 is 1.47 bits per heavy atom. The largest absolute Gasteiger partial charge is 0.481 e. The van der Waals surface area contributed by atoms with Gasteiger partial charge in [-0.3, -0.25) is 5.32 Å². The van der Waals surface area contributed by atoms with E-state index in [2.05, 4.69) is 26.2 Å². The van der Waals surface area contributed by atoms with Gasteiger partial charge in [0.1, 0.15) is 5.60 Å². The molecule has 1 N–H and O–H groups in total. The smallest absolute Gasteiger partial charge is 0.412 e. The molecule has 0 radical (unpaired) electrons. The van der Waals surface area contributed by atoms with Crippen molar-refractivity contribution in [2.75, 3.05) is 12.4 Å². The number of hydrogen-bond donors (Lipinski definition) is 1. The molecule has 0 bridgehead atoms. The maximum Gasteiger partial charge on any atom is 0.412 e. The van der Waals surface area contributed by atoms with Crippen LogP contribution in [0.15, 0.2) is 16.7 Å². The SMILES string of the molecule is COc1cc(Br)c(NC(=O)OC(C)(C)C)cn1. The van der Waals surface area contributed by atoms with Gasteiger partial charge in [0.2, 0.25) is 5.88 Å². The van der Waals surface area contributed by atoms with Gasteiger partial charge in [-0.15, -0.1) is 0 Å². The fraction of sp³-hybridized carbons (Fsp3) is 0.455. The van der Waals surface area contributed by atoms with Crippen molar-refractivity contribution >= 4 is 27.7 Å². The van der Waals surface area contributed by atoms with E-state index in [0.29, 0.717) is 16.0 Å². The molecule has 0 aromatic carbocycles. The molecule has 1 amide bonds. The van der Waals surface area contributed by atoms with E-state index in [4.69, 9.17) is 9.47 Å². The van der Waals surface area contributed by atoms with Crippen LogP contribution >= 0.6 is 15.9 Å². The van der Waals surface area contributed by atoms with Crippen LogP contribution < -0.4 is 10.1 Å². The summed E-state index contributed by atoms with van der Waals surface area (Å²) in [6, 6.07) is 1.66. The summed E-state index contributed by atoms with van der Waals surface area (Å²) in [4.78, 5) is 15.5. The second-order valence-corrected chi connectivity index (χ2v) is 5.19. The summed E-state index contributed by atoms with van der Waals surface area (Å²) in [7, 11) is 1.52. The normalized spacial score (nSPS) is 10.9. The van der Waals surface area contributed by atoms with Gasteiger partial charge in [-0.25, -0.2) is 9.78 Å². The fourth-order valence-corrected chi connectivity index (χ4v) is 1.43. The number of anilines is 1. The van der Waals surface area contributed by atoms with E-state index < -0.39 is 11.7 Å². The molecule has 0 spiro atoms. The van der Waals surface area contributed by atoms with Gasteiger partial charge >= 0.3 is 6.09 Å². The van der Waals surface area contributed by atoms with E-state index in [-0.39, 0.29) is 0 Å². The van der Waals surface area contributed by atoms with Crippen LogP contribution in [0.4, 0.5) is 10.5 Å². The molecule has 1 rings (SSSR count). The summed E-state index contributed by atoms with van der Waals surface area (Å²) in [5, 5.41) is 2.59. The lowest BCUT2D eigenvalue weighted by molar-refractivity contribution is 0.0635. The molecular weight excluding hydrogens is 288 g/mol. The van der Waals surface area contributed by atoms with Crippen LogP contribution in [0.1, 0.15) is 20.8 Å². The lowest BCUT2D eigenvalue weighted by Gasteiger charge is -2.19. The molecule has 94 valence electrons. The highest BCUT2D eigenvalue weighted by atomic mass is 79.9. The van der Waals surface area contributed by atoms with Crippen molar-refractivity contribution < 1.29 is 14.3 Å². The molecule has 0 aliphatic rings. The molecule has 0 atom stereocenters. The third-order valence-corrected chi connectivity index (χ3v) is 2.33. The van der Waals surface area contributed by atoms with Gasteiger partial charge in [0.05, 0.1) is 19.0 Å². The third-order valence-electron chi connectivity index (χ3n) is 1.67. The number of halogens is 1. The monoisotopic (exact) mass is 302 g/mol. The first-order chi connectivity index (χ1) is 7.81. The Morgan fingerprint density at radius 2 is 2.12 bits per heavy atom. The van der Waals surface area contributed by atoms with Crippen LogP contribution in [0.2, 0.25) is 0 Å². The van der Waals surface area contributed by atoms with Crippen LogP contribution in [0.25, 0.3) is 0 Å². The van der Waals surface area contributed by atoms with E-state index in [1.807, 2.05) is 0 Å². The molecule has 0 fully saturated rings. The Balaban J connectivity index is 2.72. The molecule has 1 aromatic heterocycles. The minimum Gasteiger partial charge on any atom is -0.481 e. The maximum absolute atomic E-state index is 11.5. The first-order valence-electron chi connectivity index (χ1n) is 5.01. The Morgan fingerprint density at radius 3 is 2.59 bits per heavy atom. The molecule has 0 unspecified atom stereocenters. The lowest BCUT2D eigenvalue weighted by atomic mass is 10.2. The van der Waals surface area contributed by atoms with Crippen molar-refractivity contribution in [2.45, 2.75) is 26.4 Å². The zero-order valence-electron chi connectivity index (χ0n) is 10.2. The van der Waals surface area contributed by atoms with Crippen molar-refractivity contribution in [2.24, 2.45) is 0 Å². The van der Waals surface area contributed by atoms with Crippen molar-refractivity contribution in [1.29, 1.82) is 0 Å². The average Bonchev–Trinajstić information content (AvgIpc) is 2.18. The third kappa shape index (κ3) is 4.60. The summed E-state index contributed by atoms with van der Waals surface area (Å²) in [5.74, 6) is 0.464. The van der Waals surface area contributed by atoms with Gasteiger partial charge in [0.15, 0.2) is 0 Å². The second kappa shape index (κ2) is 5.35. The van der Waals surface area contributed by atoms with Crippen molar-refractivity contribution in [3.05, 3.63) is 16.7 Å². The minimum atomic E-state index is -0.531. The Bertz CT molecular complexity index is 416. The van der Waals surface area contributed by atoms with Gasteiger partial charge in [-0.2, -0.15) is 0 Å². The number of hydrogen-bond acceptors (Lipinski definition) is 4. The number of pyridine rings is 1. The number of nitrogens with zero attached hydrogens (tertiary/aromatic N) is 1. The van der Waals surface area contributed by atoms with Crippen molar-refractivity contribution in [1.82, 2.24) is 4.98 Å². The topological polar surface area (TPSA) is 60.5 Å². The molecule has 1 heterocycles. The molecule has 5 nitrogen and oxygen atoms in total. The van der Waals surface area contributed by atoms with Gasteiger partial charge in [0, 0.05) is 10.5 Å². The molecular formula is C11H15BrN2O3. The molecule has 0 aliphatic heterocycles. The number of rotatable bonds is 2. The highest BCUT2D eigenvalue weighted by Gasteiger charge is 2.17. The van der Waals surface area contributed by atoms with Gasteiger partial charge in [-0.1, -0.05) is 0 Å². The Labute approximate surface area is 109 Å². The quantitative estimate of drug-likeness (QED) is 0.911. The molecule has 17 heavy (non-hydrogen) atoms. The zero-order valence-corrected chi connectivity index (χ0v) is 11.8. The van der Waals surface area contributed by atoms with Crippen LogP contribution in [-0.4, -0.2) is 23.8 Å². The van der Waals surface area contributed by atoms with E-state index in [0.717, 1.165) is 0 Å². The second-order valence-electron chi connectivity index (χ2n) is 4.33. The molecule has 0 saturated carbocycles. The number of carbonyl (C=O) groups excluding carboxylic acids is 1. The van der Waals surface area contributed by atoms with Crippen LogP contribution in [0.5, 0.6) is 5.88 Å². The van der Waals surface area contributed by atoms with Gasteiger partial charge < -0.3 is 9.47 Å². The van der Waals surface area contributed by atoms with Crippen LogP contribution in [0, 0.1) is 0 Å². The maximum atomic E-state index is 11.5. The summed E-state index contributed by atoms with van der Waals surface area (Å²) >= 11 is 3.31. The van der Waals surface area contributed by atoms with Gasteiger partial charge in [0.25, 0.3) is 0 Å². The van der Waals surface area contributed by atoms with Gasteiger partial charge in [-0.05, 0) is 36.7 Å². The predicted octanol–water partition coefficient (Wildman–Crippen LogP) is 3.20. The predicted molar refractivity (Wildman–Crippen MR) is 68.3 cm³/mol. The Hall–Kier alpha value is -1.30. The van der Waals surface area contributed by atoms with E-state index in [9.17, 15) is 4.79 Å². The number of carbonyl (C=O) groups is 1. The van der Waals surface area contributed by atoms with E-state index in [1.165, 1.54) is 13.3 Å². The number of amides is 1. The summed E-state index contributed by atoms with van der Waals surface area (Å²) in [6.45, 7) is 5.40. The summed E-state index contributed by atoms with van der Waals surface area (Å²) in [5.41, 5.74) is -0.00347.